The van der Waals surface area contributed by atoms with E-state index in [0.717, 1.165) is 0 Å². The Kier molecular flexibility index (Phi) is 2.10. The zero-order valence-corrected chi connectivity index (χ0v) is 4.48. The van der Waals surface area contributed by atoms with Crippen molar-refractivity contribution in [2.75, 3.05) is 0 Å². The SMILES string of the molecule is NC(N)C(O)(O)C(=O)O. The van der Waals surface area contributed by atoms with E-state index in [1.807, 2.05) is 0 Å². The number of carboxylic acids is 1. The Morgan fingerprint density at radius 1 is 1.44 bits per heavy atom. The minimum atomic E-state index is -3.03. The van der Waals surface area contributed by atoms with Crippen LogP contribution in [0.5, 0.6) is 0 Å². The maximum Gasteiger partial charge on any atom is 0.367 e. The molecule has 0 amide bonds. The summed E-state index contributed by atoms with van der Waals surface area (Å²) in [6, 6.07) is 0. The zero-order chi connectivity index (χ0) is 7.65. The standard InChI is InChI=1S/C3H8N2O4/c4-1(5)3(8,9)2(6)7/h1,8-9H,4-5H2,(H,6,7). The topological polar surface area (TPSA) is 130 Å². The van der Waals surface area contributed by atoms with Crippen LogP contribution >= 0.6 is 0 Å². The predicted molar refractivity (Wildman–Crippen MR) is 27.0 cm³/mol. The first-order valence-electron chi connectivity index (χ1n) is 2.08. The molecule has 6 heteroatoms. The molecule has 0 aliphatic carbocycles. The van der Waals surface area contributed by atoms with Gasteiger partial charge in [-0.25, -0.2) is 4.79 Å². The van der Waals surface area contributed by atoms with Crippen molar-refractivity contribution in [1.82, 2.24) is 0 Å². The molecule has 54 valence electrons. The van der Waals surface area contributed by atoms with Gasteiger partial charge in [-0.15, -0.1) is 0 Å². The second-order valence-corrected chi connectivity index (χ2v) is 1.56. The van der Waals surface area contributed by atoms with Crippen molar-refractivity contribution < 1.29 is 20.1 Å². The summed E-state index contributed by atoms with van der Waals surface area (Å²) < 4.78 is 0. The van der Waals surface area contributed by atoms with Gasteiger partial charge in [0.2, 0.25) is 0 Å². The van der Waals surface area contributed by atoms with Crippen LogP contribution in [0.1, 0.15) is 0 Å². The molecule has 0 aliphatic heterocycles. The van der Waals surface area contributed by atoms with E-state index in [1.54, 1.807) is 0 Å². The molecule has 0 rings (SSSR count). The summed E-state index contributed by atoms with van der Waals surface area (Å²) in [5.41, 5.74) is 9.34. The van der Waals surface area contributed by atoms with Gasteiger partial charge in [0.15, 0.2) is 0 Å². The van der Waals surface area contributed by atoms with Gasteiger partial charge in [-0.3, -0.25) is 0 Å². The number of aliphatic carboxylic acids is 1. The highest BCUT2D eigenvalue weighted by Gasteiger charge is 2.38. The van der Waals surface area contributed by atoms with Crippen LogP contribution in [0.15, 0.2) is 0 Å². The van der Waals surface area contributed by atoms with Gasteiger partial charge < -0.3 is 26.8 Å². The third-order valence-electron chi connectivity index (χ3n) is 0.780. The fourth-order valence-corrected chi connectivity index (χ4v) is 0.143. The molecule has 0 aromatic rings. The fraction of sp³-hybridized carbons (Fsp3) is 0.667. The van der Waals surface area contributed by atoms with Gasteiger partial charge in [0.1, 0.15) is 6.17 Å². The van der Waals surface area contributed by atoms with Crippen LogP contribution in [-0.4, -0.2) is 33.2 Å². The van der Waals surface area contributed by atoms with Crippen LogP contribution in [0.3, 0.4) is 0 Å². The lowest BCUT2D eigenvalue weighted by Gasteiger charge is -2.19. The van der Waals surface area contributed by atoms with Gasteiger partial charge in [0.25, 0.3) is 5.79 Å². The summed E-state index contributed by atoms with van der Waals surface area (Å²) in [6.07, 6.45) is -1.70. The van der Waals surface area contributed by atoms with Crippen molar-refractivity contribution >= 4 is 5.97 Å². The Bertz CT molecular complexity index is 121. The highest BCUT2D eigenvalue weighted by atomic mass is 16.5. The van der Waals surface area contributed by atoms with Crippen LogP contribution < -0.4 is 11.5 Å². The summed E-state index contributed by atoms with van der Waals surface area (Å²) in [7, 11) is 0. The van der Waals surface area contributed by atoms with E-state index in [-0.39, 0.29) is 0 Å². The second-order valence-electron chi connectivity index (χ2n) is 1.56. The fourth-order valence-electron chi connectivity index (χ4n) is 0.143. The minimum absolute atomic E-state index is 1.70. The number of carbonyl (C=O) groups is 1. The van der Waals surface area contributed by atoms with Crippen molar-refractivity contribution in [2.45, 2.75) is 12.0 Å². The number of rotatable bonds is 2. The normalized spacial score (nSPS) is 12.1. The lowest BCUT2D eigenvalue weighted by atomic mass is 10.2. The Balaban J connectivity index is 4.19. The van der Waals surface area contributed by atoms with Crippen LogP contribution in [-0.2, 0) is 4.79 Å². The third-order valence-corrected chi connectivity index (χ3v) is 0.780. The van der Waals surface area contributed by atoms with Crippen molar-refractivity contribution in [3.05, 3.63) is 0 Å². The molecule has 0 saturated carbocycles. The van der Waals surface area contributed by atoms with Crippen LogP contribution in [0.25, 0.3) is 0 Å². The Morgan fingerprint density at radius 2 is 1.78 bits per heavy atom. The molecule has 0 atom stereocenters. The number of nitrogens with two attached hydrogens (primary N) is 2. The molecule has 6 nitrogen and oxygen atoms in total. The van der Waals surface area contributed by atoms with E-state index in [4.69, 9.17) is 15.3 Å². The van der Waals surface area contributed by atoms with Crippen molar-refractivity contribution in [2.24, 2.45) is 11.5 Å². The van der Waals surface area contributed by atoms with E-state index in [0.29, 0.717) is 0 Å². The molecule has 0 unspecified atom stereocenters. The number of hydrogen-bond acceptors (Lipinski definition) is 5. The van der Waals surface area contributed by atoms with Crippen LogP contribution in [0, 0.1) is 0 Å². The van der Waals surface area contributed by atoms with Gasteiger partial charge in [-0.1, -0.05) is 0 Å². The Hall–Kier alpha value is -0.690. The van der Waals surface area contributed by atoms with E-state index >= 15 is 0 Å². The van der Waals surface area contributed by atoms with E-state index < -0.39 is 17.9 Å². The van der Waals surface area contributed by atoms with Gasteiger partial charge in [0, 0.05) is 0 Å². The van der Waals surface area contributed by atoms with Gasteiger partial charge in [0.05, 0.1) is 0 Å². The number of carboxylic acid groups (broad SMARTS) is 1. The quantitative estimate of drug-likeness (QED) is 0.257. The molecule has 0 aliphatic rings. The maximum absolute atomic E-state index is 9.80. The smallest absolute Gasteiger partial charge is 0.367 e. The van der Waals surface area contributed by atoms with Gasteiger partial charge in [-0.2, -0.15) is 0 Å². The van der Waals surface area contributed by atoms with Crippen molar-refractivity contribution in [1.29, 1.82) is 0 Å². The summed E-state index contributed by atoms with van der Waals surface area (Å²) in [5, 5.41) is 24.7. The van der Waals surface area contributed by atoms with Crippen LogP contribution in [0.2, 0.25) is 0 Å². The maximum atomic E-state index is 9.80. The Labute approximate surface area is 50.7 Å². The van der Waals surface area contributed by atoms with E-state index in [1.165, 1.54) is 0 Å². The first-order chi connectivity index (χ1) is 3.89. The second kappa shape index (κ2) is 2.28. The molecule has 7 N–H and O–H groups in total. The molecule has 0 fully saturated rings. The average Bonchev–Trinajstić information content (AvgIpc) is 1.65. The molecule has 0 bridgehead atoms. The lowest BCUT2D eigenvalue weighted by Crippen LogP contribution is -2.58. The van der Waals surface area contributed by atoms with Gasteiger partial charge in [-0.05, 0) is 0 Å². The molecular weight excluding hydrogens is 128 g/mol. The van der Waals surface area contributed by atoms with E-state index in [9.17, 15) is 4.79 Å². The number of aliphatic hydroxyl groups is 2. The van der Waals surface area contributed by atoms with E-state index in [2.05, 4.69) is 11.5 Å². The molecular formula is C3H8N2O4. The summed E-state index contributed by atoms with van der Waals surface area (Å²) in [4.78, 5) is 9.80. The Morgan fingerprint density at radius 3 is 1.78 bits per heavy atom. The highest BCUT2D eigenvalue weighted by Crippen LogP contribution is 1.98. The summed E-state index contributed by atoms with van der Waals surface area (Å²) in [6.45, 7) is 0. The summed E-state index contributed by atoms with van der Waals surface area (Å²) in [5.74, 6) is -4.89. The van der Waals surface area contributed by atoms with Crippen molar-refractivity contribution in [3.63, 3.8) is 0 Å². The molecule has 0 spiro atoms. The lowest BCUT2D eigenvalue weighted by molar-refractivity contribution is -0.209. The predicted octanol–water partition coefficient (Wildman–Crippen LogP) is -3.00. The number of hydrogen-bond donors (Lipinski definition) is 5. The molecule has 0 aromatic carbocycles. The molecule has 9 heavy (non-hydrogen) atoms. The first kappa shape index (κ1) is 8.31. The third kappa shape index (κ3) is 1.61. The van der Waals surface area contributed by atoms with Gasteiger partial charge >= 0.3 is 5.97 Å². The largest absolute Gasteiger partial charge is 0.477 e. The average molecular weight is 136 g/mol. The molecule has 0 saturated heterocycles. The molecule has 0 radical (unpaired) electrons. The zero-order valence-electron chi connectivity index (χ0n) is 4.48. The summed E-state index contributed by atoms with van der Waals surface area (Å²) >= 11 is 0. The highest BCUT2D eigenvalue weighted by molar-refractivity contribution is 5.75. The molecule has 0 aromatic heterocycles. The minimum Gasteiger partial charge on any atom is -0.477 e. The van der Waals surface area contributed by atoms with Crippen LogP contribution in [0.4, 0.5) is 0 Å². The molecule has 0 heterocycles. The first-order valence-corrected chi connectivity index (χ1v) is 2.08. The monoisotopic (exact) mass is 136 g/mol. The van der Waals surface area contributed by atoms with Crippen molar-refractivity contribution in [3.8, 4) is 0 Å².